The first-order valence-corrected chi connectivity index (χ1v) is 8.20. The van der Waals surface area contributed by atoms with Crippen LogP contribution >= 0.6 is 27.3 Å². The zero-order valence-corrected chi connectivity index (χ0v) is 14.5. The number of hydrogen-bond donors (Lipinski definition) is 1. The number of thiazole rings is 1. The summed E-state index contributed by atoms with van der Waals surface area (Å²) >= 11 is 5.24. The average molecular weight is 355 g/mol. The molecule has 5 heteroatoms. The lowest BCUT2D eigenvalue weighted by molar-refractivity contribution is 0.411. The van der Waals surface area contributed by atoms with Crippen molar-refractivity contribution in [1.29, 1.82) is 0 Å². The highest BCUT2D eigenvalue weighted by atomic mass is 79.9. The van der Waals surface area contributed by atoms with Gasteiger partial charge in [0.25, 0.3) is 0 Å². The minimum atomic E-state index is 0.107. The maximum atomic E-state index is 5.29. The van der Waals surface area contributed by atoms with Crippen molar-refractivity contribution < 1.29 is 4.74 Å². The van der Waals surface area contributed by atoms with Crippen LogP contribution in [-0.4, -0.2) is 18.1 Å². The second kappa shape index (κ2) is 6.70. The fraction of sp³-hybridized carbons (Fsp3) is 0.400. The van der Waals surface area contributed by atoms with Crippen molar-refractivity contribution >= 4 is 27.3 Å². The number of aromatic nitrogens is 1. The van der Waals surface area contributed by atoms with Crippen molar-refractivity contribution in [2.45, 2.75) is 32.9 Å². The molecule has 1 atom stereocenters. The fourth-order valence-corrected chi connectivity index (χ4v) is 3.45. The zero-order chi connectivity index (χ0) is 14.7. The molecule has 1 aromatic heterocycles. The summed E-state index contributed by atoms with van der Waals surface area (Å²) in [7, 11) is 1.67. The number of benzene rings is 1. The third-order valence-electron chi connectivity index (χ3n) is 2.89. The third-order valence-corrected chi connectivity index (χ3v) is 4.54. The van der Waals surface area contributed by atoms with Crippen molar-refractivity contribution in [3.8, 4) is 5.75 Å². The predicted molar refractivity (Wildman–Crippen MR) is 87.7 cm³/mol. The molecule has 2 aromatic rings. The van der Waals surface area contributed by atoms with Crippen LogP contribution < -0.4 is 10.1 Å². The first kappa shape index (κ1) is 15.5. The molecule has 0 saturated carbocycles. The molecule has 3 nitrogen and oxygen atoms in total. The molecule has 1 unspecified atom stereocenters. The van der Waals surface area contributed by atoms with Crippen LogP contribution in [-0.2, 0) is 0 Å². The average Bonchev–Trinajstić information content (AvgIpc) is 2.82. The maximum absolute atomic E-state index is 5.29. The molecular formula is C15H19BrN2OS. The number of nitrogens with one attached hydrogen (secondary N) is 1. The van der Waals surface area contributed by atoms with Gasteiger partial charge in [-0.1, -0.05) is 6.07 Å². The van der Waals surface area contributed by atoms with Crippen LogP contribution in [0.1, 0.15) is 36.2 Å². The Morgan fingerprint density at radius 1 is 1.35 bits per heavy atom. The molecule has 108 valence electrons. The first-order chi connectivity index (χ1) is 9.51. The summed E-state index contributed by atoms with van der Waals surface area (Å²) in [6.45, 7) is 6.31. The van der Waals surface area contributed by atoms with E-state index in [1.54, 1.807) is 18.4 Å². The summed E-state index contributed by atoms with van der Waals surface area (Å²) in [5.74, 6) is 0.840. The van der Waals surface area contributed by atoms with E-state index in [0.29, 0.717) is 6.04 Å². The van der Waals surface area contributed by atoms with E-state index in [2.05, 4.69) is 57.6 Å². The second-order valence-electron chi connectivity index (χ2n) is 4.98. The molecule has 1 aromatic carbocycles. The monoisotopic (exact) mass is 354 g/mol. The number of halogens is 1. The lowest BCUT2D eigenvalue weighted by atomic mass is 10.1. The van der Waals surface area contributed by atoms with E-state index in [4.69, 9.17) is 4.74 Å². The third kappa shape index (κ3) is 3.59. The van der Waals surface area contributed by atoms with Gasteiger partial charge in [-0.2, -0.15) is 0 Å². The van der Waals surface area contributed by atoms with Gasteiger partial charge in [0.05, 0.1) is 17.6 Å². The van der Waals surface area contributed by atoms with E-state index in [-0.39, 0.29) is 6.04 Å². The van der Waals surface area contributed by atoms with Crippen molar-refractivity contribution in [3.63, 3.8) is 0 Å². The minimum Gasteiger partial charge on any atom is -0.496 e. The molecule has 0 aliphatic carbocycles. The van der Waals surface area contributed by atoms with Crippen molar-refractivity contribution in [2.75, 3.05) is 7.11 Å². The number of ether oxygens (including phenoxy) is 1. The normalized spacial score (nSPS) is 12.7. The van der Waals surface area contributed by atoms with E-state index in [1.165, 1.54) is 5.56 Å². The fourth-order valence-electron chi connectivity index (χ4n) is 2.01. The van der Waals surface area contributed by atoms with Crippen LogP contribution in [0.15, 0.2) is 28.1 Å². The van der Waals surface area contributed by atoms with Gasteiger partial charge >= 0.3 is 0 Å². The number of methoxy groups -OCH3 is 1. The number of hydrogen-bond acceptors (Lipinski definition) is 4. The molecule has 1 N–H and O–H groups in total. The van der Waals surface area contributed by atoms with E-state index < -0.39 is 0 Å². The molecule has 0 aliphatic rings. The summed E-state index contributed by atoms with van der Waals surface area (Å²) in [5, 5.41) is 6.75. The molecule has 20 heavy (non-hydrogen) atoms. The Balaban J connectivity index is 2.38. The Hall–Kier alpha value is -0.910. The van der Waals surface area contributed by atoms with E-state index in [9.17, 15) is 0 Å². The minimum absolute atomic E-state index is 0.107. The van der Waals surface area contributed by atoms with Crippen LogP contribution in [0.5, 0.6) is 5.75 Å². The summed E-state index contributed by atoms with van der Waals surface area (Å²) in [4.78, 5) is 4.62. The summed E-state index contributed by atoms with van der Waals surface area (Å²) in [6.07, 6.45) is 0. The molecule has 0 bridgehead atoms. The smallest absolute Gasteiger partial charge is 0.133 e. The van der Waals surface area contributed by atoms with Crippen LogP contribution in [0.25, 0.3) is 0 Å². The number of rotatable bonds is 5. The summed E-state index contributed by atoms with van der Waals surface area (Å²) in [6, 6.07) is 6.64. The van der Waals surface area contributed by atoms with Gasteiger partial charge in [-0.15, -0.1) is 11.3 Å². The van der Waals surface area contributed by atoms with Gasteiger partial charge in [0.1, 0.15) is 10.8 Å². The van der Waals surface area contributed by atoms with Gasteiger partial charge in [-0.25, -0.2) is 4.98 Å². The molecule has 2 rings (SSSR count). The van der Waals surface area contributed by atoms with Crippen molar-refractivity contribution in [3.05, 3.63) is 44.3 Å². The molecule has 0 aliphatic heterocycles. The maximum Gasteiger partial charge on any atom is 0.133 e. The van der Waals surface area contributed by atoms with Crippen LogP contribution in [0.2, 0.25) is 0 Å². The van der Waals surface area contributed by atoms with Gasteiger partial charge in [0.15, 0.2) is 0 Å². The molecule has 0 fully saturated rings. The summed E-state index contributed by atoms with van der Waals surface area (Å²) in [5.41, 5.74) is 2.24. The predicted octanol–water partition coefficient (Wildman–Crippen LogP) is 4.31. The molecule has 0 saturated heterocycles. The Morgan fingerprint density at radius 3 is 2.60 bits per heavy atom. The zero-order valence-electron chi connectivity index (χ0n) is 12.1. The molecular weight excluding hydrogens is 336 g/mol. The number of aryl methyl sites for hydroxylation is 1. The van der Waals surface area contributed by atoms with Gasteiger partial charge in [-0.3, -0.25) is 0 Å². The highest BCUT2D eigenvalue weighted by Gasteiger charge is 2.19. The van der Waals surface area contributed by atoms with Gasteiger partial charge in [0.2, 0.25) is 0 Å². The lowest BCUT2D eigenvalue weighted by Crippen LogP contribution is -2.29. The highest BCUT2D eigenvalue weighted by Crippen LogP contribution is 2.32. The Bertz CT molecular complexity index is 583. The standard InChI is InChI=1S/C15H19BrN2OS/c1-9(2)17-14(15-18-10(3)8-20-15)11-5-6-13(19-4)12(16)7-11/h5-9,14,17H,1-4H3. The van der Waals surface area contributed by atoms with E-state index in [0.717, 1.165) is 20.9 Å². The van der Waals surface area contributed by atoms with Gasteiger partial charge < -0.3 is 10.1 Å². The SMILES string of the molecule is COc1ccc(C(NC(C)C)c2nc(C)cs2)cc1Br. The van der Waals surface area contributed by atoms with E-state index in [1.807, 2.05) is 13.0 Å². The summed E-state index contributed by atoms with van der Waals surface area (Å²) < 4.78 is 6.25. The number of nitrogens with zero attached hydrogens (tertiary/aromatic N) is 1. The molecule has 1 heterocycles. The van der Waals surface area contributed by atoms with Gasteiger partial charge in [0, 0.05) is 17.1 Å². The Labute approximate surface area is 132 Å². The Morgan fingerprint density at radius 2 is 2.10 bits per heavy atom. The highest BCUT2D eigenvalue weighted by molar-refractivity contribution is 9.10. The van der Waals surface area contributed by atoms with Crippen LogP contribution in [0.3, 0.4) is 0 Å². The molecule has 0 spiro atoms. The van der Waals surface area contributed by atoms with Crippen molar-refractivity contribution in [2.24, 2.45) is 0 Å². The second-order valence-corrected chi connectivity index (χ2v) is 6.72. The van der Waals surface area contributed by atoms with Crippen molar-refractivity contribution in [1.82, 2.24) is 10.3 Å². The van der Waals surface area contributed by atoms with Gasteiger partial charge in [-0.05, 0) is 54.4 Å². The topological polar surface area (TPSA) is 34.1 Å². The molecule has 0 radical (unpaired) electrons. The van der Waals surface area contributed by atoms with E-state index >= 15 is 0 Å². The largest absolute Gasteiger partial charge is 0.496 e. The van der Waals surface area contributed by atoms with Crippen LogP contribution in [0.4, 0.5) is 0 Å². The van der Waals surface area contributed by atoms with Crippen LogP contribution in [0, 0.1) is 6.92 Å². The first-order valence-electron chi connectivity index (χ1n) is 6.52. The Kier molecular flexibility index (Phi) is 5.18. The quantitative estimate of drug-likeness (QED) is 0.868. The molecule has 0 amide bonds. The lowest BCUT2D eigenvalue weighted by Gasteiger charge is -2.20.